The number of nitrogens with zero attached hydrogens (tertiary/aromatic N) is 1. The molecule has 3 rings (SSSR count). The van der Waals surface area contributed by atoms with Gasteiger partial charge in [-0.05, 0) is 54.8 Å². The summed E-state index contributed by atoms with van der Waals surface area (Å²) in [6.45, 7) is 13.4. The zero-order valence-electron chi connectivity index (χ0n) is 14.7. The summed E-state index contributed by atoms with van der Waals surface area (Å²) in [5, 5.41) is 0.245. The molecule has 0 radical (unpaired) electrons. The number of carbonyl (C=O) groups excluding carboxylic acids is 1. The minimum Gasteiger partial charge on any atom is -0.415 e. The van der Waals surface area contributed by atoms with Crippen LogP contribution < -0.4 is 0 Å². The van der Waals surface area contributed by atoms with Gasteiger partial charge in [0.1, 0.15) is 0 Å². The lowest BCUT2D eigenvalue weighted by Gasteiger charge is -2.39. The topological polar surface area (TPSA) is 29.5 Å². The van der Waals surface area contributed by atoms with Gasteiger partial charge >= 0.3 is 0 Å². The van der Waals surface area contributed by atoms with E-state index >= 15 is 0 Å². The summed E-state index contributed by atoms with van der Waals surface area (Å²) < 4.78 is 6.53. The van der Waals surface area contributed by atoms with Gasteiger partial charge in [0.15, 0.2) is 8.32 Å². The molecule has 5 heteroatoms. The predicted octanol–water partition coefficient (Wildman–Crippen LogP) is 2.67. The molecule has 0 aromatic carbocycles. The number of hydrogen-bond acceptors (Lipinski definition) is 3. The molecule has 2 fully saturated rings. The van der Waals surface area contributed by atoms with E-state index in [1.807, 2.05) is 0 Å². The molecule has 3 nitrogen and oxygen atoms in total. The van der Waals surface area contributed by atoms with Crippen molar-refractivity contribution in [1.29, 1.82) is 0 Å². The van der Waals surface area contributed by atoms with E-state index in [0.29, 0.717) is 19.4 Å². The Morgan fingerprint density at radius 2 is 2.00 bits per heavy atom. The maximum atomic E-state index is 11.1. The molecule has 0 N–H and O–H groups in total. The Labute approximate surface area is 136 Å². The van der Waals surface area contributed by atoms with Gasteiger partial charge in [0.25, 0.3) is 7.41 Å². The second-order valence-corrected chi connectivity index (χ2v) is 13.8. The molecule has 1 saturated heterocycles. The quantitative estimate of drug-likeness (QED) is 0.443. The standard InChI is InChI=1S/C17H30BNO2Si/c1-17(2,3)22(4,5)21-10-15-16-13-7-6-12(8-13)14(16)9-19(15)18-11-20/h6-7,11-16,18H,8-10H2,1-5H3/t12?,13?,14?,15-,16?/m1/s1. The smallest absolute Gasteiger partial charge is 0.281 e. The fraction of sp³-hybridized carbons (Fsp3) is 0.824. The Balaban J connectivity index is 1.72. The van der Waals surface area contributed by atoms with E-state index in [0.717, 1.165) is 37.1 Å². The third-order valence-corrected chi connectivity index (χ3v) is 11.3. The number of rotatable bonds is 5. The van der Waals surface area contributed by atoms with Gasteiger partial charge in [0, 0.05) is 12.6 Å². The molecule has 22 heavy (non-hydrogen) atoms. The van der Waals surface area contributed by atoms with Crippen molar-refractivity contribution in [2.75, 3.05) is 13.2 Å². The summed E-state index contributed by atoms with van der Waals surface area (Å²) in [5.74, 6) is 2.93. The normalized spacial score (nSPS) is 37.6. The monoisotopic (exact) mass is 319 g/mol. The molecule has 2 aliphatic carbocycles. The van der Waals surface area contributed by atoms with E-state index in [1.54, 1.807) is 0 Å². The zero-order chi connectivity index (χ0) is 16.1. The third kappa shape index (κ3) is 2.65. The van der Waals surface area contributed by atoms with Crippen LogP contribution in [-0.4, -0.2) is 45.9 Å². The number of allylic oxidation sites excluding steroid dienone is 2. The average molecular weight is 319 g/mol. The molecule has 3 aliphatic rings. The fourth-order valence-electron chi connectivity index (χ4n) is 4.47. The van der Waals surface area contributed by atoms with Gasteiger partial charge in [-0.2, -0.15) is 0 Å². The first-order valence-corrected chi connectivity index (χ1v) is 11.7. The second kappa shape index (κ2) is 5.60. The first-order chi connectivity index (χ1) is 10.2. The molecule has 0 aromatic heterocycles. The van der Waals surface area contributed by atoms with Crippen LogP contribution in [0.25, 0.3) is 0 Å². The van der Waals surface area contributed by atoms with Crippen LogP contribution in [0.4, 0.5) is 0 Å². The Bertz CT molecular complexity index is 474. The SMILES string of the molecule is CC(C)(C)[Si](C)(C)OC[C@@H]1C2C3C=CC(C3)C2CN1BC=O. The summed E-state index contributed by atoms with van der Waals surface area (Å²) in [6.07, 6.45) is 7.24. The molecule has 2 bridgehead atoms. The Morgan fingerprint density at radius 3 is 2.64 bits per heavy atom. The van der Waals surface area contributed by atoms with Crippen molar-refractivity contribution in [3.8, 4) is 0 Å². The minimum atomic E-state index is -1.72. The highest BCUT2D eigenvalue weighted by Gasteiger charge is 2.54. The highest BCUT2D eigenvalue weighted by atomic mass is 28.4. The molecule has 0 spiro atoms. The zero-order valence-corrected chi connectivity index (χ0v) is 15.7. The average Bonchev–Trinajstić information content (AvgIpc) is 3.06. The predicted molar refractivity (Wildman–Crippen MR) is 95.3 cm³/mol. The van der Waals surface area contributed by atoms with Crippen LogP contribution in [0.1, 0.15) is 27.2 Å². The lowest BCUT2D eigenvalue weighted by molar-refractivity contribution is 0.175. The highest BCUT2D eigenvalue weighted by Crippen LogP contribution is 2.54. The van der Waals surface area contributed by atoms with Crippen LogP contribution >= 0.6 is 0 Å². The molecule has 4 unspecified atom stereocenters. The molecular weight excluding hydrogens is 289 g/mol. The number of fused-ring (bicyclic) bond motifs is 5. The van der Waals surface area contributed by atoms with Gasteiger partial charge < -0.3 is 14.0 Å². The molecule has 122 valence electrons. The van der Waals surface area contributed by atoms with Crippen molar-refractivity contribution >= 4 is 21.9 Å². The van der Waals surface area contributed by atoms with Crippen molar-refractivity contribution in [3.63, 3.8) is 0 Å². The van der Waals surface area contributed by atoms with Crippen LogP contribution in [0.15, 0.2) is 12.2 Å². The van der Waals surface area contributed by atoms with Gasteiger partial charge in [0.05, 0.1) is 6.19 Å². The first kappa shape index (κ1) is 16.5. The second-order valence-electron chi connectivity index (χ2n) is 8.95. The van der Waals surface area contributed by atoms with Gasteiger partial charge in [-0.3, -0.25) is 0 Å². The largest absolute Gasteiger partial charge is 0.415 e. The van der Waals surface area contributed by atoms with Crippen LogP contribution in [0.5, 0.6) is 0 Å². The highest BCUT2D eigenvalue weighted by molar-refractivity contribution is 6.74. The van der Waals surface area contributed by atoms with Crippen molar-refractivity contribution in [2.45, 2.75) is 51.4 Å². The van der Waals surface area contributed by atoms with E-state index in [9.17, 15) is 4.79 Å². The summed E-state index contributed by atoms with van der Waals surface area (Å²) in [7, 11) is -1.16. The van der Waals surface area contributed by atoms with Crippen LogP contribution in [-0.2, 0) is 9.22 Å². The van der Waals surface area contributed by atoms with Gasteiger partial charge in [-0.1, -0.05) is 32.9 Å². The summed E-state index contributed by atoms with van der Waals surface area (Å²) in [4.78, 5) is 13.5. The van der Waals surface area contributed by atoms with E-state index in [1.165, 1.54) is 6.42 Å². The van der Waals surface area contributed by atoms with E-state index in [-0.39, 0.29) is 5.04 Å². The Kier molecular flexibility index (Phi) is 4.20. The molecule has 5 atom stereocenters. The molecular formula is C17H30BNO2Si. The van der Waals surface area contributed by atoms with Crippen molar-refractivity contribution in [3.05, 3.63) is 12.2 Å². The maximum absolute atomic E-state index is 11.1. The van der Waals surface area contributed by atoms with Gasteiger partial charge in [0.2, 0.25) is 0 Å². The fourth-order valence-corrected chi connectivity index (χ4v) is 5.49. The molecule has 1 aliphatic heterocycles. The lowest BCUT2D eigenvalue weighted by Crippen LogP contribution is -2.47. The number of carbonyl (C=O) groups is 1. The summed E-state index contributed by atoms with van der Waals surface area (Å²) >= 11 is 0. The van der Waals surface area contributed by atoms with Crippen LogP contribution in [0.2, 0.25) is 18.1 Å². The van der Waals surface area contributed by atoms with Crippen LogP contribution in [0.3, 0.4) is 0 Å². The van der Waals surface area contributed by atoms with E-state index < -0.39 is 8.32 Å². The molecule has 0 amide bonds. The van der Waals surface area contributed by atoms with Crippen LogP contribution in [0, 0.1) is 23.7 Å². The lowest BCUT2D eigenvalue weighted by atomic mass is 9.82. The van der Waals surface area contributed by atoms with Gasteiger partial charge in [-0.15, -0.1) is 0 Å². The molecule has 1 saturated carbocycles. The summed E-state index contributed by atoms with van der Waals surface area (Å²) in [6, 6.07) is 0.435. The van der Waals surface area contributed by atoms with E-state index in [2.05, 4.69) is 50.8 Å². The molecule has 0 aromatic rings. The first-order valence-electron chi connectivity index (χ1n) is 8.74. The van der Waals surface area contributed by atoms with Crippen molar-refractivity contribution < 1.29 is 9.22 Å². The van der Waals surface area contributed by atoms with Crippen molar-refractivity contribution in [1.82, 2.24) is 4.81 Å². The third-order valence-electron chi connectivity index (χ3n) is 6.78. The Hall–Kier alpha value is -0.388. The number of hydrogen-bond donors (Lipinski definition) is 0. The van der Waals surface area contributed by atoms with Gasteiger partial charge in [-0.25, -0.2) is 0 Å². The van der Waals surface area contributed by atoms with E-state index in [4.69, 9.17) is 4.43 Å². The Morgan fingerprint density at radius 1 is 1.32 bits per heavy atom. The summed E-state index contributed by atoms with van der Waals surface area (Å²) in [5.41, 5.74) is 0. The molecule has 1 heterocycles. The maximum Gasteiger partial charge on any atom is 0.281 e. The minimum absolute atomic E-state index is 0.245. The van der Waals surface area contributed by atoms with Crippen molar-refractivity contribution in [2.24, 2.45) is 23.7 Å².